The Morgan fingerprint density at radius 3 is 2.77 bits per heavy atom. The van der Waals surface area contributed by atoms with E-state index in [-0.39, 0.29) is 24.0 Å². The molecule has 5 nitrogen and oxygen atoms in total. The second-order valence-electron chi connectivity index (χ2n) is 5.00. The van der Waals surface area contributed by atoms with Crippen LogP contribution in [0.2, 0.25) is 0 Å². The van der Waals surface area contributed by atoms with Gasteiger partial charge >= 0.3 is 0 Å². The highest BCUT2D eigenvalue weighted by molar-refractivity contribution is 14.0. The van der Waals surface area contributed by atoms with Crippen LogP contribution in [0, 0.1) is 6.92 Å². The van der Waals surface area contributed by atoms with E-state index in [2.05, 4.69) is 52.8 Å². The standard InChI is InChI=1S/C16H23N5.HI/c1-4-17-16(19-10-14-7-9-21(3)12-14)20-11-15-13(2)6-5-8-18-15;/h5-9,12H,4,10-11H2,1-3H3,(H2,17,19,20);1H. The van der Waals surface area contributed by atoms with Crippen LogP contribution >= 0.6 is 24.0 Å². The number of halogens is 1. The Balaban J connectivity index is 0.00000242. The molecule has 0 aliphatic carbocycles. The van der Waals surface area contributed by atoms with Crippen LogP contribution in [0.4, 0.5) is 0 Å². The Hall–Kier alpha value is -1.57. The van der Waals surface area contributed by atoms with Crippen molar-refractivity contribution >= 4 is 29.9 Å². The molecule has 0 bridgehead atoms. The van der Waals surface area contributed by atoms with Gasteiger partial charge in [-0.25, -0.2) is 4.99 Å². The first-order valence-electron chi connectivity index (χ1n) is 7.22. The summed E-state index contributed by atoms with van der Waals surface area (Å²) in [4.78, 5) is 8.98. The average Bonchev–Trinajstić information content (AvgIpc) is 2.89. The number of pyridine rings is 1. The second-order valence-corrected chi connectivity index (χ2v) is 5.00. The van der Waals surface area contributed by atoms with E-state index in [4.69, 9.17) is 0 Å². The molecule has 0 fully saturated rings. The Bertz CT molecular complexity index is 606. The van der Waals surface area contributed by atoms with Gasteiger partial charge in [-0.3, -0.25) is 4.98 Å². The van der Waals surface area contributed by atoms with E-state index < -0.39 is 0 Å². The van der Waals surface area contributed by atoms with Crippen molar-refractivity contribution in [1.82, 2.24) is 20.2 Å². The van der Waals surface area contributed by atoms with Crippen LogP contribution in [0.3, 0.4) is 0 Å². The van der Waals surface area contributed by atoms with Gasteiger partial charge in [0.1, 0.15) is 0 Å². The van der Waals surface area contributed by atoms with Gasteiger partial charge in [0.2, 0.25) is 0 Å². The van der Waals surface area contributed by atoms with Crippen molar-refractivity contribution in [2.75, 3.05) is 6.54 Å². The molecular weight excluding hydrogens is 389 g/mol. The van der Waals surface area contributed by atoms with E-state index in [1.165, 1.54) is 11.1 Å². The first-order chi connectivity index (χ1) is 10.2. The molecule has 0 saturated carbocycles. The van der Waals surface area contributed by atoms with E-state index in [1.54, 1.807) is 0 Å². The molecule has 0 aromatic carbocycles. The zero-order valence-electron chi connectivity index (χ0n) is 13.3. The van der Waals surface area contributed by atoms with Gasteiger partial charge < -0.3 is 15.2 Å². The predicted molar refractivity (Wildman–Crippen MR) is 101 cm³/mol. The molecule has 2 aromatic heterocycles. The molecule has 0 spiro atoms. The van der Waals surface area contributed by atoms with Crippen molar-refractivity contribution in [1.29, 1.82) is 0 Å². The van der Waals surface area contributed by atoms with Gasteiger partial charge in [0, 0.05) is 32.2 Å². The van der Waals surface area contributed by atoms with Gasteiger partial charge in [-0.15, -0.1) is 24.0 Å². The molecule has 0 unspecified atom stereocenters. The lowest BCUT2D eigenvalue weighted by molar-refractivity contribution is 0.794. The minimum Gasteiger partial charge on any atom is -0.357 e. The smallest absolute Gasteiger partial charge is 0.191 e. The molecule has 6 heteroatoms. The summed E-state index contributed by atoms with van der Waals surface area (Å²) in [6.45, 7) is 6.30. The molecule has 0 amide bonds. The fraction of sp³-hybridized carbons (Fsp3) is 0.375. The normalized spacial score (nSPS) is 11.0. The molecule has 2 rings (SSSR count). The van der Waals surface area contributed by atoms with Crippen molar-refractivity contribution in [3.05, 3.63) is 53.6 Å². The highest BCUT2D eigenvalue weighted by atomic mass is 127. The lowest BCUT2D eigenvalue weighted by Crippen LogP contribution is -2.37. The minimum absolute atomic E-state index is 0. The molecular formula is C16H24IN5. The molecule has 120 valence electrons. The highest BCUT2D eigenvalue weighted by Gasteiger charge is 2.02. The third-order valence-electron chi connectivity index (χ3n) is 3.20. The minimum atomic E-state index is 0. The predicted octanol–water partition coefficient (Wildman–Crippen LogP) is 2.60. The SMILES string of the molecule is CCNC(=NCc1ccn(C)c1)NCc1ncccc1C.I. The molecule has 0 radical (unpaired) electrons. The van der Waals surface area contributed by atoms with E-state index in [0.717, 1.165) is 18.2 Å². The summed E-state index contributed by atoms with van der Waals surface area (Å²) < 4.78 is 2.03. The lowest BCUT2D eigenvalue weighted by Gasteiger charge is -2.11. The molecule has 22 heavy (non-hydrogen) atoms. The number of aryl methyl sites for hydroxylation is 2. The maximum absolute atomic E-state index is 4.60. The van der Waals surface area contributed by atoms with Crippen LogP contribution in [-0.2, 0) is 20.1 Å². The van der Waals surface area contributed by atoms with Crippen LogP contribution < -0.4 is 10.6 Å². The fourth-order valence-electron chi connectivity index (χ4n) is 2.04. The number of hydrogen-bond acceptors (Lipinski definition) is 2. The summed E-state index contributed by atoms with van der Waals surface area (Å²) in [5.41, 5.74) is 3.43. The number of guanidine groups is 1. The second kappa shape index (κ2) is 9.45. The number of aliphatic imine (C=N–C) groups is 1. The van der Waals surface area contributed by atoms with Gasteiger partial charge in [-0.1, -0.05) is 6.07 Å². The van der Waals surface area contributed by atoms with Crippen LogP contribution in [0.5, 0.6) is 0 Å². The number of nitrogens with zero attached hydrogens (tertiary/aromatic N) is 3. The first kappa shape index (κ1) is 18.5. The number of nitrogens with one attached hydrogen (secondary N) is 2. The average molecular weight is 413 g/mol. The van der Waals surface area contributed by atoms with Crippen LogP contribution in [0.15, 0.2) is 41.8 Å². The molecule has 0 atom stereocenters. The van der Waals surface area contributed by atoms with Gasteiger partial charge in [-0.05, 0) is 37.1 Å². The van der Waals surface area contributed by atoms with E-state index in [1.807, 2.05) is 30.1 Å². The van der Waals surface area contributed by atoms with Crippen LogP contribution in [0.25, 0.3) is 0 Å². The third kappa shape index (κ3) is 5.67. The Morgan fingerprint density at radius 2 is 2.14 bits per heavy atom. The van der Waals surface area contributed by atoms with Crippen molar-refractivity contribution in [2.24, 2.45) is 12.0 Å². The lowest BCUT2D eigenvalue weighted by atomic mass is 10.2. The summed E-state index contributed by atoms with van der Waals surface area (Å²) in [7, 11) is 2.01. The highest BCUT2D eigenvalue weighted by Crippen LogP contribution is 2.03. The number of aromatic nitrogens is 2. The molecule has 0 aliphatic heterocycles. The zero-order chi connectivity index (χ0) is 15.1. The van der Waals surface area contributed by atoms with Gasteiger partial charge in [0.05, 0.1) is 18.8 Å². The van der Waals surface area contributed by atoms with Gasteiger partial charge in [0.15, 0.2) is 5.96 Å². The molecule has 0 aliphatic rings. The van der Waals surface area contributed by atoms with Crippen LogP contribution in [0.1, 0.15) is 23.7 Å². The summed E-state index contributed by atoms with van der Waals surface area (Å²) in [6.07, 6.45) is 5.93. The quantitative estimate of drug-likeness (QED) is 0.450. The summed E-state index contributed by atoms with van der Waals surface area (Å²) >= 11 is 0. The van der Waals surface area contributed by atoms with Crippen molar-refractivity contribution in [3.63, 3.8) is 0 Å². The third-order valence-corrected chi connectivity index (χ3v) is 3.20. The summed E-state index contributed by atoms with van der Waals surface area (Å²) in [5.74, 6) is 0.811. The largest absolute Gasteiger partial charge is 0.357 e. The van der Waals surface area contributed by atoms with Crippen molar-refractivity contribution in [2.45, 2.75) is 26.9 Å². The molecule has 2 N–H and O–H groups in total. The maximum Gasteiger partial charge on any atom is 0.191 e. The molecule has 2 heterocycles. The van der Waals surface area contributed by atoms with Crippen molar-refractivity contribution < 1.29 is 0 Å². The fourth-order valence-corrected chi connectivity index (χ4v) is 2.04. The van der Waals surface area contributed by atoms with E-state index in [9.17, 15) is 0 Å². The summed E-state index contributed by atoms with van der Waals surface area (Å²) in [6, 6.07) is 6.10. The topological polar surface area (TPSA) is 54.2 Å². The van der Waals surface area contributed by atoms with Gasteiger partial charge in [-0.2, -0.15) is 0 Å². The first-order valence-corrected chi connectivity index (χ1v) is 7.22. The molecule has 2 aromatic rings. The molecule has 0 saturated heterocycles. The Labute approximate surface area is 149 Å². The van der Waals surface area contributed by atoms with E-state index in [0.29, 0.717) is 13.1 Å². The maximum atomic E-state index is 4.60. The van der Waals surface area contributed by atoms with Crippen LogP contribution in [-0.4, -0.2) is 22.1 Å². The monoisotopic (exact) mass is 413 g/mol. The summed E-state index contributed by atoms with van der Waals surface area (Å²) in [5, 5.41) is 6.58. The zero-order valence-corrected chi connectivity index (χ0v) is 15.7. The van der Waals surface area contributed by atoms with Gasteiger partial charge in [0.25, 0.3) is 0 Å². The Kier molecular flexibility index (Phi) is 7.94. The Morgan fingerprint density at radius 1 is 1.32 bits per heavy atom. The number of hydrogen-bond donors (Lipinski definition) is 2. The number of rotatable bonds is 5. The van der Waals surface area contributed by atoms with E-state index >= 15 is 0 Å². The van der Waals surface area contributed by atoms with Crippen molar-refractivity contribution in [3.8, 4) is 0 Å².